The number of alkyl carbamates (subject to hydrolysis) is 1. The van der Waals surface area contributed by atoms with E-state index in [2.05, 4.69) is 5.32 Å². The molecule has 0 aromatic heterocycles. The first kappa shape index (κ1) is 21.7. The van der Waals surface area contributed by atoms with E-state index in [1.165, 1.54) is 0 Å². The lowest BCUT2D eigenvalue weighted by molar-refractivity contribution is -0.141. The summed E-state index contributed by atoms with van der Waals surface area (Å²) in [4.78, 5) is 24.4. The Hall–Kier alpha value is -3.02. The molecule has 0 bridgehead atoms. The van der Waals surface area contributed by atoms with Gasteiger partial charge in [-0.2, -0.15) is 0 Å². The van der Waals surface area contributed by atoms with Crippen molar-refractivity contribution in [2.75, 3.05) is 6.61 Å². The number of carbonyl (C=O) groups excluding carboxylic acids is 2. The summed E-state index contributed by atoms with van der Waals surface area (Å²) < 4.78 is 16.3. The minimum Gasteiger partial charge on any atom is -0.489 e. The maximum Gasteiger partial charge on any atom is 0.407 e. The number of carbonyl (C=O) groups is 2. The van der Waals surface area contributed by atoms with Gasteiger partial charge in [0.25, 0.3) is 0 Å². The molecule has 1 aliphatic heterocycles. The number of cyclic esters (lactones) is 1. The number of esters is 1. The maximum atomic E-state index is 12.3. The Balaban J connectivity index is 1.63. The molecule has 6 heteroatoms. The highest BCUT2D eigenvalue weighted by atomic mass is 16.6. The fraction of sp³-hybridized carbons (Fsp3) is 0.417. The predicted octanol–water partition coefficient (Wildman–Crippen LogP) is 4.26. The lowest BCUT2D eigenvalue weighted by Gasteiger charge is -2.25. The quantitative estimate of drug-likeness (QED) is 0.689. The first-order valence-electron chi connectivity index (χ1n) is 10.2. The van der Waals surface area contributed by atoms with Crippen LogP contribution in [-0.4, -0.2) is 30.3 Å². The van der Waals surface area contributed by atoms with Gasteiger partial charge in [-0.15, -0.1) is 0 Å². The lowest BCUT2D eigenvalue weighted by Crippen LogP contribution is -2.45. The van der Waals surface area contributed by atoms with Crippen LogP contribution in [0.1, 0.15) is 38.3 Å². The molecule has 1 aliphatic rings. The number of benzene rings is 2. The number of ether oxygens (including phenoxy) is 3. The zero-order valence-corrected chi connectivity index (χ0v) is 17.7. The van der Waals surface area contributed by atoms with Gasteiger partial charge in [0.15, 0.2) is 0 Å². The number of nitrogens with one attached hydrogen (secondary N) is 1. The Kier molecular flexibility index (Phi) is 6.98. The highest BCUT2D eigenvalue weighted by molar-refractivity contribution is 5.76. The fourth-order valence-electron chi connectivity index (χ4n) is 3.35. The minimum absolute atomic E-state index is 0.279. The third kappa shape index (κ3) is 6.51. The van der Waals surface area contributed by atoms with Crippen LogP contribution in [-0.2, 0) is 27.3 Å². The summed E-state index contributed by atoms with van der Waals surface area (Å²) in [5.74, 6) is 0.102. The molecule has 30 heavy (non-hydrogen) atoms. The Morgan fingerprint density at radius 2 is 1.80 bits per heavy atom. The van der Waals surface area contributed by atoms with E-state index >= 15 is 0 Å². The van der Waals surface area contributed by atoms with Gasteiger partial charge in [0, 0.05) is 6.04 Å². The molecule has 0 spiro atoms. The normalized spacial score (nSPS) is 17.2. The smallest absolute Gasteiger partial charge is 0.407 e. The van der Waals surface area contributed by atoms with Gasteiger partial charge in [0.05, 0.1) is 12.5 Å². The number of rotatable bonds is 7. The van der Waals surface area contributed by atoms with E-state index in [9.17, 15) is 9.59 Å². The second-order valence-corrected chi connectivity index (χ2v) is 8.44. The van der Waals surface area contributed by atoms with E-state index in [0.717, 1.165) is 16.9 Å². The third-order valence-electron chi connectivity index (χ3n) is 4.79. The Morgan fingerprint density at radius 1 is 1.10 bits per heavy atom. The lowest BCUT2D eigenvalue weighted by atomic mass is 9.92. The first-order valence-corrected chi connectivity index (χ1v) is 10.2. The SMILES string of the molecule is CC(C)(C)OC(=O)N[C@@H](Cc1ccc(OCc2ccccc2)cc1)[C@@H]1CCOC1=O. The molecule has 1 saturated heterocycles. The summed E-state index contributed by atoms with van der Waals surface area (Å²) in [6.45, 7) is 6.29. The molecule has 0 radical (unpaired) electrons. The van der Waals surface area contributed by atoms with Crippen molar-refractivity contribution in [2.24, 2.45) is 5.92 Å². The second-order valence-electron chi connectivity index (χ2n) is 8.44. The molecule has 0 saturated carbocycles. The highest BCUT2D eigenvalue weighted by Crippen LogP contribution is 2.23. The topological polar surface area (TPSA) is 73.9 Å². The van der Waals surface area contributed by atoms with Gasteiger partial charge in [-0.3, -0.25) is 4.79 Å². The summed E-state index contributed by atoms with van der Waals surface area (Å²) >= 11 is 0. The Labute approximate surface area is 177 Å². The molecule has 2 aromatic rings. The van der Waals surface area contributed by atoms with Crippen molar-refractivity contribution in [2.45, 2.75) is 51.9 Å². The molecule has 2 aromatic carbocycles. The molecule has 1 amide bonds. The summed E-state index contributed by atoms with van der Waals surface area (Å²) in [6.07, 6.45) is 0.547. The zero-order valence-electron chi connectivity index (χ0n) is 17.7. The first-order chi connectivity index (χ1) is 14.3. The van der Waals surface area contributed by atoms with Crippen molar-refractivity contribution in [1.82, 2.24) is 5.32 Å². The van der Waals surface area contributed by atoms with Crippen LogP contribution in [0.15, 0.2) is 54.6 Å². The van der Waals surface area contributed by atoms with Crippen molar-refractivity contribution >= 4 is 12.1 Å². The second kappa shape index (κ2) is 9.65. The fourth-order valence-corrected chi connectivity index (χ4v) is 3.35. The highest BCUT2D eigenvalue weighted by Gasteiger charge is 2.36. The van der Waals surface area contributed by atoms with Gasteiger partial charge in [-0.1, -0.05) is 42.5 Å². The number of hydrogen-bond donors (Lipinski definition) is 1. The molecule has 0 unspecified atom stereocenters. The van der Waals surface area contributed by atoms with Gasteiger partial charge in [-0.05, 0) is 56.9 Å². The van der Waals surface area contributed by atoms with Crippen LogP contribution in [0.5, 0.6) is 5.75 Å². The van der Waals surface area contributed by atoms with Crippen LogP contribution in [0, 0.1) is 5.92 Å². The monoisotopic (exact) mass is 411 g/mol. The van der Waals surface area contributed by atoms with E-state index in [0.29, 0.717) is 26.1 Å². The molecular formula is C24H29NO5. The van der Waals surface area contributed by atoms with Gasteiger partial charge < -0.3 is 19.5 Å². The summed E-state index contributed by atoms with van der Waals surface area (Å²) in [7, 11) is 0. The van der Waals surface area contributed by atoms with E-state index in [-0.39, 0.29) is 11.9 Å². The van der Waals surface area contributed by atoms with Gasteiger partial charge in [-0.25, -0.2) is 4.79 Å². The van der Waals surface area contributed by atoms with Crippen LogP contribution in [0.4, 0.5) is 4.79 Å². The van der Waals surface area contributed by atoms with E-state index in [4.69, 9.17) is 14.2 Å². The average molecular weight is 411 g/mol. The Morgan fingerprint density at radius 3 is 2.40 bits per heavy atom. The molecular weight excluding hydrogens is 382 g/mol. The molecule has 160 valence electrons. The molecule has 0 aliphatic carbocycles. The predicted molar refractivity (Wildman–Crippen MR) is 113 cm³/mol. The third-order valence-corrected chi connectivity index (χ3v) is 4.79. The van der Waals surface area contributed by atoms with Gasteiger partial charge in [0.2, 0.25) is 0 Å². The number of amides is 1. The van der Waals surface area contributed by atoms with Crippen LogP contribution < -0.4 is 10.1 Å². The number of hydrogen-bond acceptors (Lipinski definition) is 5. The van der Waals surface area contributed by atoms with Crippen molar-refractivity contribution in [3.63, 3.8) is 0 Å². The molecule has 1 N–H and O–H groups in total. The van der Waals surface area contributed by atoms with E-state index in [1.807, 2.05) is 54.6 Å². The van der Waals surface area contributed by atoms with E-state index < -0.39 is 17.7 Å². The summed E-state index contributed by atoms with van der Waals surface area (Å²) in [5, 5.41) is 2.86. The van der Waals surface area contributed by atoms with Crippen molar-refractivity contribution in [3.05, 3.63) is 65.7 Å². The summed E-state index contributed by atoms with van der Waals surface area (Å²) in [5.41, 5.74) is 1.48. The largest absolute Gasteiger partial charge is 0.489 e. The Bertz CT molecular complexity index is 842. The maximum absolute atomic E-state index is 12.3. The summed E-state index contributed by atoms with van der Waals surface area (Å²) in [6, 6.07) is 17.3. The molecule has 3 rings (SSSR count). The average Bonchev–Trinajstić information content (AvgIpc) is 3.12. The van der Waals surface area contributed by atoms with Crippen molar-refractivity contribution in [1.29, 1.82) is 0 Å². The zero-order chi connectivity index (χ0) is 21.6. The van der Waals surface area contributed by atoms with E-state index in [1.54, 1.807) is 20.8 Å². The van der Waals surface area contributed by atoms with Crippen molar-refractivity contribution < 1.29 is 23.8 Å². The molecule has 6 nitrogen and oxygen atoms in total. The van der Waals surface area contributed by atoms with Crippen LogP contribution in [0.25, 0.3) is 0 Å². The minimum atomic E-state index is -0.609. The molecule has 1 fully saturated rings. The molecule has 2 atom stereocenters. The van der Waals surface area contributed by atoms with Crippen molar-refractivity contribution in [3.8, 4) is 5.75 Å². The standard InChI is InChI=1S/C24H29NO5/c1-24(2,3)30-23(27)25-21(20-13-14-28-22(20)26)15-17-9-11-19(12-10-17)29-16-18-7-5-4-6-8-18/h4-12,20-21H,13-16H2,1-3H3,(H,25,27)/t20-,21-/m0/s1. The van der Waals surface area contributed by atoms with Crippen LogP contribution in [0.3, 0.4) is 0 Å². The van der Waals surface area contributed by atoms with Crippen LogP contribution in [0.2, 0.25) is 0 Å². The van der Waals surface area contributed by atoms with Gasteiger partial charge in [0.1, 0.15) is 18.0 Å². The van der Waals surface area contributed by atoms with Gasteiger partial charge >= 0.3 is 12.1 Å². The molecule has 1 heterocycles. The van der Waals surface area contributed by atoms with Crippen LogP contribution >= 0.6 is 0 Å².